The van der Waals surface area contributed by atoms with E-state index in [4.69, 9.17) is 13.7 Å². The molecule has 0 bridgehead atoms. The summed E-state index contributed by atoms with van der Waals surface area (Å²) in [5.41, 5.74) is 0.846. The van der Waals surface area contributed by atoms with Crippen LogP contribution < -0.4 is 0 Å². The number of ether oxygens (including phenoxy) is 2. The summed E-state index contributed by atoms with van der Waals surface area (Å²) in [5, 5.41) is 17.2. The van der Waals surface area contributed by atoms with E-state index < -0.39 is 52.4 Å². The van der Waals surface area contributed by atoms with Crippen molar-refractivity contribution in [2.24, 2.45) is 22.1 Å². The number of carbonyl (C=O) groups excluding carboxylic acids is 2. The molecule has 0 fully saturated rings. The average Bonchev–Trinajstić information content (AvgIpc) is 3.03. The smallest absolute Gasteiger partial charge is 0.338 e. The van der Waals surface area contributed by atoms with Crippen molar-refractivity contribution in [2.75, 3.05) is 20.5 Å². The maximum absolute atomic E-state index is 12.2. The Morgan fingerprint density at radius 1 is 0.773 bits per heavy atom. The number of hydrogen-bond acceptors (Lipinski definition) is 12. The Morgan fingerprint density at radius 3 is 1.52 bits per heavy atom. The molecule has 1 N–H and O–H groups in total. The maximum Gasteiger partial charge on any atom is 0.338 e. The first-order valence-electron chi connectivity index (χ1n) is 14.1. The van der Waals surface area contributed by atoms with E-state index >= 15 is 0 Å². The van der Waals surface area contributed by atoms with Crippen LogP contribution in [0.15, 0.2) is 71.0 Å². The molecule has 0 saturated heterocycles. The van der Waals surface area contributed by atoms with Crippen molar-refractivity contribution in [1.29, 1.82) is 0 Å². The summed E-state index contributed by atoms with van der Waals surface area (Å²) in [6.07, 6.45) is 2.02. The standard InChI is InChI=1S/C16H23NO6S.C15H21NO4/c1-5-14(23-24(4,19)20)12(2)15(11-17-21-3)22-16(18)13-9-7-6-8-10-13;1-4-13(17)11(2)14(10-16-19-3)20-15(18)12-8-6-5-7-9-12/h6-12,14-15H,5H2,1-4H3;5-11,13-14,17H,4H2,1-3H3/t12-,14+,15+;11-,13+,14+/m11/s1. The average molecular weight is 637 g/mol. The first kappa shape index (κ1) is 38.2. The van der Waals surface area contributed by atoms with Crippen LogP contribution in [-0.2, 0) is 33.5 Å². The molecule has 0 radical (unpaired) electrons. The lowest BCUT2D eigenvalue weighted by molar-refractivity contribution is 0.00916. The minimum atomic E-state index is -3.63. The van der Waals surface area contributed by atoms with Gasteiger partial charge in [-0.2, -0.15) is 8.42 Å². The van der Waals surface area contributed by atoms with Crippen molar-refractivity contribution in [1.82, 2.24) is 0 Å². The van der Waals surface area contributed by atoms with E-state index in [1.54, 1.807) is 75.4 Å². The maximum atomic E-state index is 12.2. The van der Waals surface area contributed by atoms with E-state index in [-0.39, 0.29) is 5.92 Å². The second-order valence-corrected chi connectivity index (χ2v) is 11.4. The SMILES string of the molecule is CC[C@H](O)[C@@H](C)[C@H](C=NOC)OC(=O)c1ccccc1.CC[C@H](OS(C)(=O)=O)[C@@H](C)[C@H](C=NOC)OC(=O)c1ccccc1. The van der Waals surface area contributed by atoms with Gasteiger partial charge in [0.15, 0.2) is 0 Å². The molecule has 0 unspecified atom stereocenters. The molecule has 0 aliphatic heterocycles. The van der Waals surface area contributed by atoms with Crippen LogP contribution in [0.2, 0.25) is 0 Å². The van der Waals surface area contributed by atoms with Crippen LogP contribution in [0.25, 0.3) is 0 Å². The van der Waals surface area contributed by atoms with Crippen molar-refractivity contribution < 1.29 is 46.4 Å². The fourth-order valence-corrected chi connectivity index (χ4v) is 4.64. The number of aliphatic hydroxyl groups is 1. The van der Waals surface area contributed by atoms with E-state index in [0.717, 1.165) is 6.26 Å². The van der Waals surface area contributed by atoms with Gasteiger partial charge in [-0.15, -0.1) is 0 Å². The molecule has 0 aliphatic rings. The number of carbonyl (C=O) groups is 2. The number of esters is 2. The summed E-state index contributed by atoms with van der Waals surface area (Å²) in [7, 11) is -0.858. The van der Waals surface area contributed by atoms with Gasteiger partial charge in [-0.05, 0) is 37.1 Å². The van der Waals surface area contributed by atoms with Crippen LogP contribution >= 0.6 is 0 Å². The molecule has 13 heteroatoms. The summed E-state index contributed by atoms with van der Waals surface area (Å²) in [6, 6.07) is 17.2. The Labute approximate surface area is 260 Å². The molecular formula is C31H44N2O10S. The number of oxime groups is 2. The third-order valence-corrected chi connectivity index (χ3v) is 7.08. The highest BCUT2D eigenvalue weighted by Gasteiger charge is 2.30. The highest BCUT2D eigenvalue weighted by Crippen LogP contribution is 2.20. The Balaban J connectivity index is 0.000000447. The molecule has 12 nitrogen and oxygen atoms in total. The number of nitrogens with zero attached hydrogens (tertiary/aromatic N) is 2. The highest BCUT2D eigenvalue weighted by molar-refractivity contribution is 7.86. The van der Waals surface area contributed by atoms with Gasteiger partial charge in [0.1, 0.15) is 26.4 Å². The first-order valence-corrected chi connectivity index (χ1v) is 15.9. The number of aliphatic hydroxyl groups excluding tert-OH is 1. The number of benzene rings is 2. The van der Waals surface area contributed by atoms with Gasteiger partial charge in [0.25, 0.3) is 10.1 Å². The van der Waals surface area contributed by atoms with E-state index in [2.05, 4.69) is 20.0 Å². The lowest BCUT2D eigenvalue weighted by Gasteiger charge is -2.27. The van der Waals surface area contributed by atoms with Crippen LogP contribution in [0, 0.1) is 11.8 Å². The van der Waals surface area contributed by atoms with Gasteiger partial charge >= 0.3 is 11.9 Å². The Hall–Kier alpha value is -3.81. The molecule has 2 rings (SSSR count). The molecule has 44 heavy (non-hydrogen) atoms. The molecule has 0 heterocycles. The van der Waals surface area contributed by atoms with Crippen molar-refractivity contribution in [3.8, 4) is 0 Å². The second-order valence-electron chi connectivity index (χ2n) is 9.79. The third-order valence-electron chi connectivity index (χ3n) is 6.48. The largest absolute Gasteiger partial charge is 0.452 e. The summed E-state index contributed by atoms with van der Waals surface area (Å²) in [4.78, 5) is 33.5. The van der Waals surface area contributed by atoms with E-state index in [1.165, 1.54) is 26.6 Å². The zero-order valence-electron chi connectivity index (χ0n) is 26.2. The summed E-state index contributed by atoms with van der Waals surface area (Å²) in [6.45, 7) is 7.18. The van der Waals surface area contributed by atoms with Gasteiger partial charge < -0.3 is 24.3 Å². The fraction of sp³-hybridized carbons (Fsp3) is 0.484. The van der Waals surface area contributed by atoms with Crippen LogP contribution in [0.5, 0.6) is 0 Å². The Kier molecular flexibility index (Phi) is 17.5. The van der Waals surface area contributed by atoms with Crippen molar-refractivity contribution in [2.45, 2.75) is 65.0 Å². The van der Waals surface area contributed by atoms with E-state index in [0.29, 0.717) is 24.0 Å². The van der Waals surface area contributed by atoms with Gasteiger partial charge in [-0.3, -0.25) is 4.18 Å². The van der Waals surface area contributed by atoms with Gasteiger partial charge in [-0.1, -0.05) is 74.4 Å². The van der Waals surface area contributed by atoms with Gasteiger partial charge in [-0.25, -0.2) is 9.59 Å². The molecule has 0 aromatic heterocycles. The van der Waals surface area contributed by atoms with Gasteiger partial charge in [0, 0.05) is 11.8 Å². The Bertz CT molecular complexity index is 1270. The molecule has 0 saturated carbocycles. The fourth-order valence-electron chi connectivity index (χ4n) is 3.87. The Morgan fingerprint density at radius 2 is 1.18 bits per heavy atom. The van der Waals surface area contributed by atoms with Crippen molar-refractivity contribution in [3.63, 3.8) is 0 Å². The minimum Gasteiger partial charge on any atom is -0.452 e. The zero-order chi connectivity index (χ0) is 33.1. The zero-order valence-corrected chi connectivity index (χ0v) is 27.0. The normalized spacial score (nSPS) is 15.6. The topological polar surface area (TPSA) is 159 Å². The number of rotatable bonds is 16. The molecule has 0 amide bonds. The summed E-state index contributed by atoms with van der Waals surface area (Å²) >= 11 is 0. The monoisotopic (exact) mass is 636 g/mol. The van der Waals surface area contributed by atoms with Gasteiger partial charge in [0.05, 0.1) is 42.0 Å². The number of hydrogen-bond donors (Lipinski definition) is 1. The van der Waals surface area contributed by atoms with Crippen molar-refractivity contribution in [3.05, 3.63) is 71.8 Å². The molecule has 6 atom stereocenters. The lowest BCUT2D eigenvalue weighted by atomic mass is 9.97. The summed E-state index contributed by atoms with van der Waals surface area (Å²) in [5.74, 6) is -1.71. The molecule has 2 aromatic rings. The highest BCUT2D eigenvalue weighted by atomic mass is 32.2. The van der Waals surface area contributed by atoms with E-state index in [1.807, 2.05) is 13.0 Å². The predicted molar refractivity (Wildman–Crippen MR) is 167 cm³/mol. The third kappa shape index (κ3) is 14.1. The van der Waals surface area contributed by atoms with Crippen LogP contribution in [0.4, 0.5) is 0 Å². The lowest BCUT2D eigenvalue weighted by Crippen LogP contribution is -2.37. The van der Waals surface area contributed by atoms with Crippen LogP contribution in [-0.4, -0.2) is 82.8 Å². The quantitative estimate of drug-likeness (QED) is 0.120. The van der Waals surface area contributed by atoms with Crippen molar-refractivity contribution >= 4 is 34.5 Å². The van der Waals surface area contributed by atoms with E-state index in [9.17, 15) is 23.1 Å². The minimum absolute atomic E-state index is 0.272. The summed E-state index contributed by atoms with van der Waals surface area (Å²) < 4.78 is 38.7. The molecular weight excluding hydrogens is 592 g/mol. The first-order chi connectivity index (χ1) is 20.9. The molecule has 0 aliphatic carbocycles. The predicted octanol–water partition coefficient (Wildman–Crippen LogP) is 4.49. The molecule has 0 spiro atoms. The van der Waals surface area contributed by atoms with Crippen LogP contribution in [0.1, 0.15) is 61.3 Å². The molecule has 2 aromatic carbocycles. The van der Waals surface area contributed by atoms with Gasteiger partial charge in [0.2, 0.25) is 0 Å². The molecule has 244 valence electrons. The second kappa shape index (κ2) is 20.2. The van der Waals surface area contributed by atoms with Crippen LogP contribution in [0.3, 0.4) is 0 Å².